The topological polar surface area (TPSA) is 76.1 Å². The zero-order valence-electron chi connectivity index (χ0n) is 6.86. The van der Waals surface area contributed by atoms with E-state index in [1.165, 1.54) is 0 Å². The first-order valence-electron chi connectivity index (χ1n) is 4.07. The van der Waals surface area contributed by atoms with Gasteiger partial charge < -0.3 is 14.7 Å². The van der Waals surface area contributed by atoms with Gasteiger partial charge in [-0.25, -0.2) is 9.59 Å². The minimum absolute atomic E-state index is 0.320. The lowest BCUT2D eigenvalue weighted by molar-refractivity contribution is -0.355. The molecule has 2 heterocycles. The Hall–Kier alpha value is -1.14. The SMILES string of the molecule is O=C1OC2(CCCCN2O)OC1=O. The van der Waals surface area contributed by atoms with Crippen molar-refractivity contribution in [2.45, 2.75) is 25.2 Å². The number of hydrogen-bond donors (Lipinski definition) is 1. The van der Waals surface area contributed by atoms with E-state index >= 15 is 0 Å². The first-order chi connectivity index (χ1) is 6.14. The van der Waals surface area contributed by atoms with Gasteiger partial charge in [0.2, 0.25) is 0 Å². The molecule has 0 unspecified atom stereocenters. The van der Waals surface area contributed by atoms with Gasteiger partial charge in [0.1, 0.15) is 0 Å². The normalized spacial score (nSPS) is 27.5. The summed E-state index contributed by atoms with van der Waals surface area (Å²) in [6.45, 7) is 0.334. The molecule has 1 spiro atoms. The molecule has 1 N–H and O–H groups in total. The van der Waals surface area contributed by atoms with Crippen LogP contribution in [0.1, 0.15) is 19.3 Å². The fourth-order valence-electron chi connectivity index (χ4n) is 1.51. The number of hydrogen-bond acceptors (Lipinski definition) is 6. The first-order valence-corrected chi connectivity index (χ1v) is 4.07. The van der Waals surface area contributed by atoms with Crippen LogP contribution in [0.25, 0.3) is 0 Å². The van der Waals surface area contributed by atoms with Crippen LogP contribution in [0.3, 0.4) is 0 Å². The van der Waals surface area contributed by atoms with Gasteiger partial charge in [-0.3, -0.25) is 0 Å². The highest BCUT2D eigenvalue weighted by atomic mass is 16.8. The number of hydroxylamine groups is 2. The highest BCUT2D eigenvalue weighted by molar-refractivity contribution is 6.31. The second-order valence-corrected chi connectivity index (χ2v) is 3.07. The fourth-order valence-corrected chi connectivity index (χ4v) is 1.51. The van der Waals surface area contributed by atoms with E-state index in [1.54, 1.807) is 0 Å². The Morgan fingerprint density at radius 1 is 1.23 bits per heavy atom. The van der Waals surface area contributed by atoms with Crippen LogP contribution in [0, 0.1) is 0 Å². The van der Waals surface area contributed by atoms with E-state index in [2.05, 4.69) is 9.47 Å². The molecule has 6 heteroatoms. The highest BCUT2D eigenvalue weighted by Gasteiger charge is 2.54. The Morgan fingerprint density at radius 3 is 2.38 bits per heavy atom. The third kappa shape index (κ3) is 1.18. The summed E-state index contributed by atoms with van der Waals surface area (Å²) >= 11 is 0. The predicted molar refractivity (Wildman–Crippen MR) is 37.3 cm³/mol. The zero-order chi connectivity index (χ0) is 9.47. The van der Waals surface area contributed by atoms with E-state index < -0.39 is 17.8 Å². The van der Waals surface area contributed by atoms with Gasteiger partial charge in [0.05, 0.1) is 0 Å². The molecule has 2 rings (SSSR count). The van der Waals surface area contributed by atoms with Gasteiger partial charge >= 0.3 is 17.8 Å². The average Bonchev–Trinajstić information content (AvgIpc) is 2.36. The smallest absolute Gasteiger partial charge is 0.398 e. The molecule has 2 fully saturated rings. The van der Waals surface area contributed by atoms with Crippen LogP contribution < -0.4 is 0 Å². The first kappa shape index (κ1) is 8.46. The van der Waals surface area contributed by atoms with Gasteiger partial charge in [-0.2, -0.15) is 0 Å². The Morgan fingerprint density at radius 2 is 1.85 bits per heavy atom. The van der Waals surface area contributed by atoms with E-state index in [1.807, 2.05) is 0 Å². The minimum atomic E-state index is -1.54. The summed E-state index contributed by atoms with van der Waals surface area (Å²) in [5.74, 6) is -3.62. The van der Waals surface area contributed by atoms with Crippen molar-refractivity contribution in [2.24, 2.45) is 0 Å². The molecule has 2 saturated heterocycles. The maximum atomic E-state index is 10.8. The maximum absolute atomic E-state index is 10.8. The third-order valence-electron chi connectivity index (χ3n) is 2.18. The van der Waals surface area contributed by atoms with Gasteiger partial charge in [-0.15, -0.1) is 5.06 Å². The predicted octanol–water partition coefficient (Wildman–Crippen LogP) is -0.385. The summed E-state index contributed by atoms with van der Waals surface area (Å²) in [6, 6.07) is 0. The molecule has 72 valence electrons. The van der Waals surface area contributed by atoms with Crippen LogP contribution in [0.2, 0.25) is 0 Å². The monoisotopic (exact) mass is 187 g/mol. The molecule has 0 aromatic rings. The molecular weight excluding hydrogens is 178 g/mol. The molecule has 0 bridgehead atoms. The molecule has 0 amide bonds. The van der Waals surface area contributed by atoms with E-state index in [-0.39, 0.29) is 0 Å². The van der Waals surface area contributed by atoms with Crippen LogP contribution in [-0.2, 0) is 19.1 Å². The van der Waals surface area contributed by atoms with Crippen molar-refractivity contribution >= 4 is 11.9 Å². The van der Waals surface area contributed by atoms with Gasteiger partial charge in [0.15, 0.2) is 0 Å². The van der Waals surface area contributed by atoms with E-state index in [0.29, 0.717) is 13.0 Å². The minimum Gasteiger partial charge on any atom is -0.398 e. The van der Waals surface area contributed by atoms with Crippen molar-refractivity contribution in [2.75, 3.05) is 6.54 Å². The van der Waals surface area contributed by atoms with Gasteiger partial charge in [-0.1, -0.05) is 0 Å². The van der Waals surface area contributed by atoms with Gasteiger partial charge in [0, 0.05) is 13.0 Å². The van der Waals surface area contributed by atoms with Crippen molar-refractivity contribution in [1.82, 2.24) is 5.06 Å². The lowest BCUT2D eigenvalue weighted by Gasteiger charge is -2.35. The number of rotatable bonds is 0. The van der Waals surface area contributed by atoms with Gasteiger partial charge in [0.25, 0.3) is 0 Å². The number of piperidine rings is 1. The van der Waals surface area contributed by atoms with Crippen molar-refractivity contribution in [3.05, 3.63) is 0 Å². The summed E-state index contributed by atoms with van der Waals surface area (Å²) in [6.07, 6.45) is 1.85. The number of carbonyl (C=O) groups excluding carboxylic acids is 2. The molecule has 2 aliphatic heterocycles. The summed E-state index contributed by atoms with van der Waals surface area (Å²) in [7, 11) is 0. The Labute approximate surface area is 74.0 Å². The molecule has 0 saturated carbocycles. The van der Waals surface area contributed by atoms with Crippen LogP contribution in [-0.4, -0.2) is 34.7 Å². The molecular formula is C7H9NO5. The van der Waals surface area contributed by atoms with Crippen LogP contribution in [0.5, 0.6) is 0 Å². The largest absolute Gasteiger partial charge is 0.421 e. The van der Waals surface area contributed by atoms with Crippen LogP contribution in [0.4, 0.5) is 0 Å². The molecule has 0 radical (unpaired) electrons. The Bertz CT molecular complexity index is 248. The third-order valence-corrected chi connectivity index (χ3v) is 2.18. The average molecular weight is 187 g/mol. The second kappa shape index (κ2) is 2.68. The molecule has 0 aromatic heterocycles. The number of esters is 2. The van der Waals surface area contributed by atoms with E-state index in [9.17, 15) is 14.8 Å². The van der Waals surface area contributed by atoms with Crippen molar-refractivity contribution < 1.29 is 24.3 Å². The van der Waals surface area contributed by atoms with Crippen LogP contribution >= 0.6 is 0 Å². The van der Waals surface area contributed by atoms with E-state index in [4.69, 9.17) is 0 Å². The van der Waals surface area contributed by atoms with Crippen LogP contribution in [0.15, 0.2) is 0 Å². The Balaban J connectivity index is 2.20. The lowest BCUT2D eigenvalue weighted by atomic mass is 10.1. The second-order valence-electron chi connectivity index (χ2n) is 3.07. The van der Waals surface area contributed by atoms with Crippen molar-refractivity contribution in [3.8, 4) is 0 Å². The molecule has 0 atom stereocenters. The summed E-state index contributed by atoms with van der Waals surface area (Å²) in [5.41, 5.74) is 0. The number of ether oxygens (including phenoxy) is 2. The lowest BCUT2D eigenvalue weighted by Crippen LogP contribution is -2.51. The molecule has 6 nitrogen and oxygen atoms in total. The molecule has 0 aliphatic carbocycles. The number of nitrogens with zero attached hydrogens (tertiary/aromatic N) is 1. The molecule has 0 aromatic carbocycles. The van der Waals surface area contributed by atoms with E-state index in [0.717, 1.165) is 17.9 Å². The maximum Gasteiger partial charge on any atom is 0.421 e. The van der Waals surface area contributed by atoms with Gasteiger partial charge in [-0.05, 0) is 12.8 Å². The molecule has 13 heavy (non-hydrogen) atoms. The fraction of sp³-hybridized carbons (Fsp3) is 0.714. The Kier molecular flexibility index (Phi) is 1.74. The van der Waals surface area contributed by atoms with Crippen molar-refractivity contribution in [1.29, 1.82) is 0 Å². The zero-order valence-corrected chi connectivity index (χ0v) is 6.86. The summed E-state index contributed by atoms with van der Waals surface area (Å²) < 4.78 is 9.36. The summed E-state index contributed by atoms with van der Waals surface area (Å²) in [5, 5.41) is 10.1. The number of carbonyl (C=O) groups is 2. The van der Waals surface area contributed by atoms with Crippen molar-refractivity contribution in [3.63, 3.8) is 0 Å². The quantitative estimate of drug-likeness (QED) is 0.411. The standard InChI is InChI=1S/C7H9NO5/c9-5-6(10)13-7(12-5)3-1-2-4-8(7)11/h11H,1-4H2. The summed E-state index contributed by atoms with van der Waals surface area (Å²) in [4.78, 5) is 21.5. The highest BCUT2D eigenvalue weighted by Crippen LogP contribution is 2.33. The molecule has 2 aliphatic rings.